The molecule has 3 heteroatoms. The number of benzene rings is 1. The number of aliphatic hydroxyl groups is 1. The summed E-state index contributed by atoms with van der Waals surface area (Å²) >= 11 is 0. The second-order valence-corrected chi connectivity index (χ2v) is 5.03. The van der Waals surface area contributed by atoms with Gasteiger partial charge in [0.05, 0.1) is 21.1 Å². The fourth-order valence-electron chi connectivity index (χ4n) is 1.13. The predicted octanol–water partition coefficient (Wildman–Crippen LogP) is 2.10. The Bertz CT molecular complexity index is 250. The maximum Gasteiger partial charge on any atom is 0.104 e. The van der Waals surface area contributed by atoms with Crippen LogP contribution in [0.2, 0.25) is 0 Å². The Morgan fingerprint density at radius 3 is 1.75 bits per heavy atom. The van der Waals surface area contributed by atoms with Gasteiger partial charge in [0.2, 0.25) is 0 Å². The van der Waals surface area contributed by atoms with Crippen molar-refractivity contribution in [1.82, 2.24) is 0 Å². The maximum absolute atomic E-state index is 8.06. The molecule has 94 valence electrons. The molecule has 0 fully saturated rings. The molecule has 0 atom stereocenters. The van der Waals surface area contributed by atoms with Crippen LogP contribution in [0.1, 0.15) is 19.4 Å². The largest absolute Gasteiger partial charge is 0.870 e. The zero-order chi connectivity index (χ0) is 11.9. The highest BCUT2D eigenvalue weighted by Gasteiger charge is 2.06. The molecule has 0 spiro atoms. The molecule has 0 radical (unpaired) electrons. The lowest BCUT2D eigenvalue weighted by molar-refractivity contribution is -0.884. The molecule has 0 amide bonds. The number of hydrogen-bond donors (Lipinski definition) is 1. The lowest BCUT2D eigenvalue weighted by atomic mass is 10.2. The Balaban J connectivity index is 0. The SMILES string of the molecule is CC(C)O.C[N+](C)(C)Cc1ccccc1.[OH-]. The van der Waals surface area contributed by atoms with E-state index in [-0.39, 0.29) is 11.6 Å². The minimum atomic E-state index is -0.167. The Labute approximate surface area is 99.2 Å². The number of rotatable bonds is 2. The van der Waals surface area contributed by atoms with E-state index in [1.807, 2.05) is 0 Å². The number of quaternary nitrogens is 1. The standard InChI is InChI=1S/C10H16N.C3H8O.H2O/c1-11(2,3)9-10-7-5-4-6-8-10;1-3(2)4;/h4-8H,9H2,1-3H3;3-4H,1-2H3;1H2/q+1;;/p-1. The summed E-state index contributed by atoms with van der Waals surface area (Å²) in [5, 5.41) is 8.06. The van der Waals surface area contributed by atoms with Crippen molar-refractivity contribution in [3.63, 3.8) is 0 Å². The molecule has 0 aliphatic rings. The molecule has 16 heavy (non-hydrogen) atoms. The lowest BCUT2D eigenvalue weighted by Crippen LogP contribution is -2.33. The van der Waals surface area contributed by atoms with Crippen molar-refractivity contribution in [2.75, 3.05) is 21.1 Å². The first kappa shape index (κ1) is 17.5. The topological polar surface area (TPSA) is 50.2 Å². The van der Waals surface area contributed by atoms with Gasteiger partial charge in [-0.05, 0) is 13.8 Å². The molecule has 0 unspecified atom stereocenters. The first-order valence-electron chi connectivity index (χ1n) is 5.34. The molecule has 1 rings (SSSR count). The second kappa shape index (κ2) is 8.28. The van der Waals surface area contributed by atoms with Crippen LogP contribution in [-0.4, -0.2) is 42.3 Å². The lowest BCUT2D eigenvalue weighted by Gasteiger charge is -2.23. The predicted molar refractivity (Wildman–Crippen MR) is 67.5 cm³/mol. The molecular weight excluding hydrogens is 202 g/mol. The number of hydrogen-bond acceptors (Lipinski definition) is 2. The first-order valence-corrected chi connectivity index (χ1v) is 5.34. The van der Waals surface area contributed by atoms with Crippen molar-refractivity contribution >= 4 is 0 Å². The zero-order valence-corrected chi connectivity index (χ0v) is 11.0. The van der Waals surface area contributed by atoms with Gasteiger partial charge in [-0.1, -0.05) is 30.3 Å². The van der Waals surface area contributed by atoms with Crippen molar-refractivity contribution in [2.45, 2.75) is 26.5 Å². The summed E-state index contributed by atoms with van der Waals surface area (Å²) in [6.07, 6.45) is -0.167. The molecule has 0 saturated heterocycles. The van der Waals surface area contributed by atoms with Crippen LogP contribution in [0.15, 0.2) is 30.3 Å². The quantitative estimate of drug-likeness (QED) is 0.787. The molecule has 0 aliphatic heterocycles. The Kier molecular flexibility index (Phi) is 9.05. The summed E-state index contributed by atoms with van der Waals surface area (Å²) in [5.74, 6) is 0. The highest BCUT2D eigenvalue weighted by molar-refractivity contribution is 5.13. The monoisotopic (exact) mass is 227 g/mol. The fourth-order valence-corrected chi connectivity index (χ4v) is 1.13. The summed E-state index contributed by atoms with van der Waals surface area (Å²) in [4.78, 5) is 0. The molecule has 1 aromatic carbocycles. The van der Waals surface area contributed by atoms with Gasteiger partial charge >= 0.3 is 0 Å². The third-order valence-corrected chi connectivity index (χ3v) is 1.50. The fraction of sp³-hybridized carbons (Fsp3) is 0.538. The van der Waals surface area contributed by atoms with Crippen molar-refractivity contribution in [3.8, 4) is 0 Å². The summed E-state index contributed by atoms with van der Waals surface area (Å²) in [5.41, 5.74) is 1.40. The third kappa shape index (κ3) is 13.1. The van der Waals surface area contributed by atoms with Crippen molar-refractivity contribution in [3.05, 3.63) is 35.9 Å². The molecule has 0 bridgehead atoms. The van der Waals surface area contributed by atoms with Crippen LogP contribution >= 0.6 is 0 Å². The molecule has 0 saturated carbocycles. The first-order chi connectivity index (χ1) is 6.81. The maximum atomic E-state index is 8.06. The molecular formula is C13H25NO2. The van der Waals surface area contributed by atoms with Crippen LogP contribution in [0.25, 0.3) is 0 Å². The third-order valence-electron chi connectivity index (χ3n) is 1.50. The average Bonchev–Trinajstić information content (AvgIpc) is 2.01. The molecule has 2 N–H and O–H groups in total. The highest BCUT2D eigenvalue weighted by atomic mass is 16.3. The smallest absolute Gasteiger partial charge is 0.104 e. The summed E-state index contributed by atoms with van der Waals surface area (Å²) in [6, 6.07) is 10.6. The van der Waals surface area contributed by atoms with Gasteiger partial charge in [-0.15, -0.1) is 0 Å². The van der Waals surface area contributed by atoms with E-state index in [4.69, 9.17) is 5.11 Å². The van der Waals surface area contributed by atoms with Gasteiger partial charge in [-0.25, -0.2) is 0 Å². The van der Waals surface area contributed by atoms with E-state index < -0.39 is 0 Å². The Hall–Kier alpha value is -0.900. The Morgan fingerprint density at radius 2 is 1.44 bits per heavy atom. The Morgan fingerprint density at radius 1 is 1.06 bits per heavy atom. The van der Waals surface area contributed by atoms with Gasteiger partial charge in [0.25, 0.3) is 0 Å². The number of nitrogens with zero attached hydrogens (tertiary/aromatic N) is 1. The minimum Gasteiger partial charge on any atom is -0.870 e. The van der Waals surface area contributed by atoms with Gasteiger partial charge < -0.3 is 15.1 Å². The second-order valence-electron chi connectivity index (χ2n) is 5.03. The van der Waals surface area contributed by atoms with Crippen LogP contribution in [-0.2, 0) is 6.54 Å². The van der Waals surface area contributed by atoms with Crippen LogP contribution in [0, 0.1) is 0 Å². The molecule has 1 aromatic rings. The normalized spacial score (nSPS) is 10.2. The molecule has 0 aromatic heterocycles. The number of aliphatic hydroxyl groups excluding tert-OH is 1. The molecule has 3 nitrogen and oxygen atoms in total. The summed E-state index contributed by atoms with van der Waals surface area (Å²) in [6.45, 7) is 4.54. The van der Waals surface area contributed by atoms with E-state index in [1.54, 1.807) is 13.8 Å². The van der Waals surface area contributed by atoms with Gasteiger partial charge in [0.15, 0.2) is 0 Å². The summed E-state index contributed by atoms with van der Waals surface area (Å²) < 4.78 is 0.990. The van der Waals surface area contributed by atoms with Crippen molar-refractivity contribution in [2.24, 2.45) is 0 Å². The average molecular weight is 227 g/mol. The van der Waals surface area contributed by atoms with E-state index in [9.17, 15) is 0 Å². The van der Waals surface area contributed by atoms with E-state index in [1.165, 1.54) is 5.56 Å². The van der Waals surface area contributed by atoms with Crippen LogP contribution < -0.4 is 0 Å². The van der Waals surface area contributed by atoms with Gasteiger partial charge in [-0.3, -0.25) is 0 Å². The molecule has 0 aliphatic carbocycles. The van der Waals surface area contributed by atoms with E-state index in [0.29, 0.717) is 0 Å². The van der Waals surface area contributed by atoms with E-state index in [0.717, 1.165) is 11.0 Å². The van der Waals surface area contributed by atoms with Crippen LogP contribution in [0.5, 0.6) is 0 Å². The van der Waals surface area contributed by atoms with E-state index in [2.05, 4.69) is 51.5 Å². The highest BCUT2D eigenvalue weighted by Crippen LogP contribution is 2.05. The zero-order valence-electron chi connectivity index (χ0n) is 11.0. The van der Waals surface area contributed by atoms with Gasteiger partial charge in [-0.2, -0.15) is 0 Å². The minimum absolute atomic E-state index is 0. The molecule has 0 heterocycles. The van der Waals surface area contributed by atoms with Crippen LogP contribution in [0.4, 0.5) is 0 Å². The van der Waals surface area contributed by atoms with E-state index >= 15 is 0 Å². The van der Waals surface area contributed by atoms with Gasteiger partial charge in [0.1, 0.15) is 6.54 Å². The van der Waals surface area contributed by atoms with Crippen molar-refractivity contribution in [1.29, 1.82) is 0 Å². The van der Waals surface area contributed by atoms with Crippen molar-refractivity contribution < 1.29 is 15.1 Å². The summed E-state index contributed by atoms with van der Waals surface area (Å²) in [7, 11) is 6.60. The van der Waals surface area contributed by atoms with Gasteiger partial charge in [0, 0.05) is 11.7 Å². The van der Waals surface area contributed by atoms with Crippen LogP contribution in [0.3, 0.4) is 0 Å².